The highest BCUT2D eigenvalue weighted by Gasteiger charge is 2.29. The van der Waals surface area contributed by atoms with Gasteiger partial charge in [0.2, 0.25) is 0 Å². The van der Waals surface area contributed by atoms with Crippen molar-refractivity contribution in [2.45, 2.75) is 24.4 Å². The van der Waals surface area contributed by atoms with E-state index in [0.29, 0.717) is 0 Å². The Labute approximate surface area is 68.7 Å². The topological polar surface area (TPSA) is 118 Å². The molecule has 4 atom stereocenters. The monoisotopic (exact) mass is 181 g/mol. The maximum atomic E-state index is 9.90. The SMILES string of the molecule is O=[13CH][C@@H](O)[C@@H](O)[C@@H](O)[C@H](O)CO. The van der Waals surface area contributed by atoms with Crippen LogP contribution in [0.3, 0.4) is 0 Å². The van der Waals surface area contributed by atoms with Crippen LogP contribution in [-0.2, 0) is 4.79 Å². The molecule has 0 aromatic carbocycles. The van der Waals surface area contributed by atoms with E-state index < -0.39 is 31.0 Å². The van der Waals surface area contributed by atoms with Crippen molar-refractivity contribution in [3.05, 3.63) is 0 Å². The van der Waals surface area contributed by atoms with Crippen molar-refractivity contribution in [1.29, 1.82) is 0 Å². The molecule has 0 heterocycles. The molecular formula is C6H12O6. The molecule has 0 rings (SSSR count). The molecule has 5 N–H and O–H groups in total. The molecular weight excluding hydrogens is 169 g/mol. The van der Waals surface area contributed by atoms with Gasteiger partial charge in [-0.05, 0) is 0 Å². The van der Waals surface area contributed by atoms with E-state index in [0.717, 1.165) is 0 Å². The zero-order chi connectivity index (χ0) is 9.72. The van der Waals surface area contributed by atoms with E-state index in [2.05, 4.69) is 0 Å². The van der Waals surface area contributed by atoms with Gasteiger partial charge in [-0.25, -0.2) is 0 Å². The third-order valence-corrected chi connectivity index (χ3v) is 1.42. The molecule has 0 aromatic heterocycles. The van der Waals surface area contributed by atoms with Gasteiger partial charge in [0.25, 0.3) is 0 Å². The molecule has 0 fully saturated rings. The quantitative estimate of drug-likeness (QED) is 0.223. The van der Waals surface area contributed by atoms with Crippen LogP contribution in [0.1, 0.15) is 0 Å². The van der Waals surface area contributed by atoms with E-state index in [9.17, 15) is 4.79 Å². The van der Waals surface area contributed by atoms with Gasteiger partial charge < -0.3 is 30.3 Å². The highest BCUT2D eigenvalue weighted by molar-refractivity contribution is 5.56. The van der Waals surface area contributed by atoms with E-state index in [-0.39, 0.29) is 6.29 Å². The fourth-order valence-corrected chi connectivity index (χ4v) is 0.618. The van der Waals surface area contributed by atoms with Crippen molar-refractivity contribution >= 4 is 6.29 Å². The van der Waals surface area contributed by atoms with Gasteiger partial charge >= 0.3 is 0 Å². The lowest BCUT2D eigenvalue weighted by Gasteiger charge is -2.22. The van der Waals surface area contributed by atoms with Gasteiger partial charge in [0.1, 0.15) is 24.4 Å². The number of carbonyl (C=O) groups excluding carboxylic acids is 1. The van der Waals surface area contributed by atoms with Crippen LogP contribution >= 0.6 is 0 Å². The Morgan fingerprint density at radius 3 is 1.92 bits per heavy atom. The average Bonchev–Trinajstić information content (AvgIpc) is 2.12. The summed E-state index contributed by atoms with van der Waals surface area (Å²) in [6.45, 7) is -0.760. The molecule has 0 saturated carbocycles. The van der Waals surface area contributed by atoms with Crippen molar-refractivity contribution in [2.24, 2.45) is 0 Å². The molecule has 6 nitrogen and oxygen atoms in total. The van der Waals surface area contributed by atoms with E-state index in [1.165, 1.54) is 0 Å². The minimum atomic E-state index is -1.79. The summed E-state index contributed by atoms with van der Waals surface area (Å²) in [4.78, 5) is 9.90. The molecule has 0 spiro atoms. The Hall–Kier alpha value is -0.530. The Morgan fingerprint density at radius 1 is 1.08 bits per heavy atom. The lowest BCUT2D eigenvalue weighted by atomic mass is 10.1. The Bertz CT molecular complexity index is 138. The van der Waals surface area contributed by atoms with Gasteiger partial charge in [0.05, 0.1) is 6.61 Å². The van der Waals surface area contributed by atoms with Crippen molar-refractivity contribution in [1.82, 2.24) is 0 Å². The molecule has 0 aliphatic rings. The van der Waals surface area contributed by atoms with Crippen LogP contribution in [-0.4, -0.2) is 62.8 Å². The van der Waals surface area contributed by atoms with E-state index >= 15 is 0 Å². The fourth-order valence-electron chi connectivity index (χ4n) is 0.618. The normalized spacial score (nSPS) is 21.1. The minimum Gasteiger partial charge on any atom is -0.394 e. The number of hydrogen-bond donors (Lipinski definition) is 5. The van der Waals surface area contributed by atoms with Crippen LogP contribution in [0.4, 0.5) is 0 Å². The van der Waals surface area contributed by atoms with Gasteiger partial charge in [-0.15, -0.1) is 0 Å². The molecule has 0 radical (unpaired) electrons. The maximum absolute atomic E-state index is 9.90. The smallest absolute Gasteiger partial charge is 0.151 e. The Balaban J connectivity index is 4.07. The second-order valence-electron chi connectivity index (χ2n) is 2.36. The fraction of sp³-hybridized carbons (Fsp3) is 0.833. The molecule has 0 aliphatic carbocycles. The predicted molar refractivity (Wildman–Crippen MR) is 37.2 cm³/mol. The zero-order valence-electron chi connectivity index (χ0n) is 6.24. The lowest BCUT2D eigenvalue weighted by Crippen LogP contribution is -2.46. The number of carbonyl (C=O) groups is 1. The van der Waals surface area contributed by atoms with Crippen LogP contribution in [0.15, 0.2) is 0 Å². The van der Waals surface area contributed by atoms with Crippen LogP contribution in [0.25, 0.3) is 0 Å². The molecule has 72 valence electrons. The summed E-state index contributed by atoms with van der Waals surface area (Å²) < 4.78 is 0. The third kappa shape index (κ3) is 2.84. The Morgan fingerprint density at radius 2 is 1.58 bits per heavy atom. The van der Waals surface area contributed by atoms with Crippen molar-refractivity contribution in [3.63, 3.8) is 0 Å². The number of aldehydes is 1. The van der Waals surface area contributed by atoms with E-state index in [1.807, 2.05) is 0 Å². The molecule has 0 aliphatic heterocycles. The van der Waals surface area contributed by atoms with Crippen LogP contribution in [0.2, 0.25) is 0 Å². The average molecular weight is 181 g/mol. The first-order valence-electron chi connectivity index (χ1n) is 3.33. The first-order chi connectivity index (χ1) is 5.54. The third-order valence-electron chi connectivity index (χ3n) is 1.42. The molecule has 0 unspecified atom stereocenters. The highest BCUT2D eigenvalue weighted by Crippen LogP contribution is 2.02. The van der Waals surface area contributed by atoms with Crippen LogP contribution in [0, 0.1) is 0 Å². The summed E-state index contributed by atoms with van der Waals surface area (Å²) >= 11 is 0. The summed E-state index contributed by atoms with van der Waals surface area (Å²) in [6.07, 6.45) is -6.84. The summed E-state index contributed by atoms with van der Waals surface area (Å²) in [5.41, 5.74) is 0. The van der Waals surface area contributed by atoms with Gasteiger partial charge in [-0.1, -0.05) is 0 Å². The molecule has 0 aromatic rings. The van der Waals surface area contributed by atoms with Gasteiger partial charge in [-0.2, -0.15) is 0 Å². The second-order valence-corrected chi connectivity index (χ2v) is 2.36. The van der Waals surface area contributed by atoms with E-state index in [1.54, 1.807) is 0 Å². The number of rotatable bonds is 5. The predicted octanol–water partition coefficient (Wildman–Crippen LogP) is -3.38. The zero-order valence-corrected chi connectivity index (χ0v) is 6.24. The molecule has 12 heavy (non-hydrogen) atoms. The standard InChI is InChI=1S/C6H12O6/c7-1-3(9)5(11)6(12)4(10)2-8/h1,3-6,8-12H,2H2/t3-,4-,5-,6+/m1/s1/i1+1. The molecule has 6 heteroatoms. The number of aliphatic hydroxyl groups excluding tert-OH is 5. The van der Waals surface area contributed by atoms with Crippen LogP contribution in [0.5, 0.6) is 0 Å². The van der Waals surface area contributed by atoms with Crippen molar-refractivity contribution in [2.75, 3.05) is 6.61 Å². The molecule has 0 bridgehead atoms. The summed E-state index contributed by atoms with van der Waals surface area (Å²) in [6, 6.07) is 0. The second kappa shape index (κ2) is 5.18. The van der Waals surface area contributed by atoms with Crippen LogP contribution < -0.4 is 0 Å². The van der Waals surface area contributed by atoms with Crippen molar-refractivity contribution < 1.29 is 30.3 Å². The summed E-state index contributed by atoms with van der Waals surface area (Å²) in [5.74, 6) is 0. The van der Waals surface area contributed by atoms with Gasteiger partial charge in [0.15, 0.2) is 6.29 Å². The first kappa shape index (κ1) is 11.5. The van der Waals surface area contributed by atoms with Crippen molar-refractivity contribution in [3.8, 4) is 0 Å². The maximum Gasteiger partial charge on any atom is 0.151 e. The first-order valence-corrected chi connectivity index (χ1v) is 3.33. The summed E-state index contributed by atoms with van der Waals surface area (Å²) in [7, 11) is 0. The van der Waals surface area contributed by atoms with E-state index in [4.69, 9.17) is 25.5 Å². The molecule has 0 saturated heterocycles. The summed E-state index contributed by atoms with van der Waals surface area (Å²) in [5, 5.41) is 43.5. The number of hydrogen-bond acceptors (Lipinski definition) is 6. The lowest BCUT2D eigenvalue weighted by molar-refractivity contribution is -0.136. The highest BCUT2D eigenvalue weighted by atomic mass is 16.4. The largest absolute Gasteiger partial charge is 0.394 e. The minimum absolute atomic E-state index is 0.0258. The Kier molecular flexibility index (Phi) is 4.95. The number of aliphatic hydroxyl groups is 5. The van der Waals surface area contributed by atoms with Gasteiger partial charge in [0, 0.05) is 0 Å². The van der Waals surface area contributed by atoms with Gasteiger partial charge in [-0.3, -0.25) is 0 Å². The molecule has 0 amide bonds.